The average molecular weight is 294 g/mol. The van der Waals surface area contributed by atoms with E-state index in [9.17, 15) is 9.50 Å². The third-order valence-electron chi connectivity index (χ3n) is 4.18. The van der Waals surface area contributed by atoms with Crippen LogP contribution in [0.2, 0.25) is 0 Å². The van der Waals surface area contributed by atoms with Gasteiger partial charge in [-0.15, -0.1) is 0 Å². The molecule has 3 nitrogen and oxygen atoms in total. The van der Waals surface area contributed by atoms with Gasteiger partial charge in [-0.2, -0.15) is 0 Å². The molecule has 1 atom stereocenters. The van der Waals surface area contributed by atoms with E-state index in [-0.39, 0.29) is 18.5 Å². The highest BCUT2D eigenvalue weighted by Gasteiger charge is 2.23. The van der Waals surface area contributed by atoms with Gasteiger partial charge in [0.1, 0.15) is 5.82 Å². The molecule has 0 spiro atoms. The SMILES string of the molecule is CC(C)NCc1c(F)cccc1N1CCCCCC1CO. The second-order valence-electron chi connectivity index (χ2n) is 6.15. The second kappa shape index (κ2) is 7.76. The van der Waals surface area contributed by atoms with Crippen LogP contribution in [-0.4, -0.2) is 30.3 Å². The molecular weight excluding hydrogens is 267 g/mol. The van der Waals surface area contributed by atoms with Gasteiger partial charge in [0.2, 0.25) is 0 Å². The Morgan fingerprint density at radius 2 is 2.14 bits per heavy atom. The first-order chi connectivity index (χ1) is 10.1. The standard InChI is InChI=1S/C17H27FN2O/c1-13(2)19-11-15-16(18)8-6-9-17(15)20-10-5-3-4-7-14(20)12-21/h6,8-9,13-14,19,21H,3-5,7,10-12H2,1-2H3. The Balaban J connectivity index is 2.29. The Bertz CT molecular complexity index is 450. The van der Waals surface area contributed by atoms with Crippen LogP contribution in [0.5, 0.6) is 0 Å². The van der Waals surface area contributed by atoms with E-state index < -0.39 is 0 Å². The van der Waals surface area contributed by atoms with Gasteiger partial charge in [0, 0.05) is 30.4 Å². The molecule has 1 fully saturated rings. The Labute approximate surface area is 127 Å². The summed E-state index contributed by atoms with van der Waals surface area (Å²) in [7, 11) is 0. The monoisotopic (exact) mass is 294 g/mol. The summed E-state index contributed by atoms with van der Waals surface area (Å²) >= 11 is 0. The van der Waals surface area contributed by atoms with Crippen LogP contribution in [0.4, 0.5) is 10.1 Å². The number of aliphatic hydroxyl groups is 1. The zero-order valence-corrected chi connectivity index (χ0v) is 13.1. The molecule has 118 valence electrons. The minimum atomic E-state index is -0.165. The smallest absolute Gasteiger partial charge is 0.129 e. The molecule has 1 unspecified atom stereocenters. The van der Waals surface area contributed by atoms with Crippen molar-refractivity contribution in [1.82, 2.24) is 5.32 Å². The molecule has 2 N–H and O–H groups in total. The molecule has 1 aliphatic heterocycles. The summed E-state index contributed by atoms with van der Waals surface area (Å²) in [6.07, 6.45) is 4.40. The van der Waals surface area contributed by atoms with Crippen molar-refractivity contribution >= 4 is 5.69 Å². The third kappa shape index (κ3) is 4.17. The lowest BCUT2D eigenvalue weighted by atomic mass is 10.1. The molecule has 0 amide bonds. The molecule has 4 heteroatoms. The van der Waals surface area contributed by atoms with Crippen molar-refractivity contribution in [2.45, 2.75) is 58.2 Å². The van der Waals surface area contributed by atoms with Gasteiger partial charge in [-0.1, -0.05) is 32.8 Å². The van der Waals surface area contributed by atoms with Gasteiger partial charge in [0.05, 0.1) is 12.6 Å². The van der Waals surface area contributed by atoms with E-state index in [1.54, 1.807) is 6.07 Å². The summed E-state index contributed by atoms with van der Waals surface area (Å²) in [4.78, 5) is 2.20. The highest BCUT2D eigenvalue weighted by Crippen LogP contribution is 2.29. The van der Waals surface area contributed by atoms with Crippen molar-refractivity contribution in [2.75, 3.05) is 18.1 Å². The van der Waals surface area contributed by atoms with Crippen LogP contribution in [0.3, 0.4) is 0 Å². The van der Waals surface area contributed by atoms with Crippen LogP contribution in [-0.2, 0) is 6.54 Å². The topological polar surface area (TPSA) is 35.5 Å². The molecular formula is C17H27FN2O. The summed E-state index contributed by atoms with van der Waals surface area (Å²) in [6, 6.07) is 5.69. The molecule has 1 heterocycles. The lowest BCUT2D eigenvalue weighted by Crippen LogP contribution is -2.38. The van der Waals surface area contributed by atoms with E-state index >= 15 is 0 Å². The van der Waals surface area contributed by atoms with Gasteiger partial charge in [-0.3, -0.25) is 0 Å². The number of nitrogens with one attached hydrogen (secondary N) is 1. The fourth-order valence-electron chi connectivity index (χ4n) is 2.98. The minimum Gasteiger partial charge on any atom is -0.394 e. The van der Waals surface area contributed by atoms with E-state index in [0.717, 1.165) is 31.5 Å². The lowest BCUT2D eigenvalue weighted by molar-refractivity contribution is 0.255. The molecule has 0 bridgehead atoms. The summed E-state index contributed by atoms with van der Waals surface area (Å²) in [6.45, 7) is 5.66. The van der Waals surface area contributed by atoms with E-state index in [4.69, 9.17) is 0 Å². The zero-order valence-electron chi connectivity index (χ0n) is 13.1. The van der Waals surface area contributed by atoms with Crippen molar-refractivity contribution in [3.8, 4) is 0 Å². The number of hydrogen-bond donors (Lipinski definition) is 2. The zero-order chi connectivity index (χ0) is 15.2. The Kier molecular flexibility index (Phi) is 6.00. The molecule has 1 saturated heterocycles. The second-order valence-corrected chi connectivity index (χ2v) is 6.15. The first kappa shape index (κ1) is 16.2. The maximum absolute atomic E-state index is 14.3. The van der Waals surface area contributed by atoms with Crippen LogP contribution in [0.25, 0.3) is 0 Å². The van der Waals surface area contributed by atoms with Gasteiger partial charge in [0.15, 0.2) is 0 Å². The maximum atomic E-state index is 14.3. The van der Waals surface area contributed by atoms with Crippen molar-refractivity contribution < 1.29 is 9.50 Å². The van der Waals surface area contributed by atoms with Crippen LogP contribution in [0.15, 0.2) is 18.2 Å². The van der Waals surface area contributed by atoms with Gasteiger partial charge in [-0.05, 0) is 25.0 Å². The molecule has 0 radical (unpaired) electrons. The maximum Gasteiger partial charge on any atom is 0.129 e. The highest BCUT2D eigenvalue weighted by atomic mass is 19.1. The van der Waals surface area contributed by atoms with Crippen LogP contribution >= 0.6 is 0 Å². The Morgan fingerprint density at radius 3 is 2.86 bits per heavy atom. The van der Waals surface area contributed by atoms with E-state index in [1.165, 1.54) is 12.5 Å². The van der Waals surface area contributed by atoms with Crippen LogP contribution in [0, 0.1) is 5.82 Å². The van der Waals surface area contributed by atoms with Crippen molar-refractivity contribution in [3.05, 3.63) is 29.6 Å². The predicted octanol–water partition coefficient (Wildman–Crippen LogP) is 3.07. The number of rotatable bonds is 5. The van der Waals surface area contributed by atoms with Gasteiger partial charge in [0.25, 0.3) is 0 Å². The molecule has 2 rings (SSSR count). The fourth-order valence-corrected chi connectivity index (χ4v) is 2.98. The lowest BCUT2D eigenvalue weighted by Gasteiger charge is -2.33. The predicted molar refractivity (Wildman–Crippen MR) is 85.1 cm³/mol. The molecule has 1 aromatic rings. The largest absolute Gasteiger partial charge is 0.394 e. The molecule has 0 aliphatic carbocycles. The van der Waals surface area contributed by atoms with Crippen LogP contribution < -0.4 is 10.2 Å². The van der Waals surface area contributed by atoms with Crippen molar-refractivity contribution in [3.63, 3.8) is 0 Å². The summed E-state index contributed by atoms with van der Waals surface area (Å²) in [5, 5.41) is 13.0. The van der Waals surface area contributed by atoms with E-state index in [1.807, 2.05) is 6.07 Å². The quantitative estimate of drug-likeness (QED) is 0.876. The third-order valence-corrected chi connectivity index (χ3v) is 4.18. The average Bonchev–Trinajstić information content (AvgIpc) is 2.70. The molecule has 0 saturated carbocycles. The number of benzene rings is 1. The van der Waals surface area contributed by atoms with Gasteiger partial charge in [-0.25, -0.2) is 4.39 Å². The molecule has 21 heavy (non-hydrogen) atoms. The minimum absolute atomic E-state index is 0.104. The normalized spacial score (nSPS) is 19.9. The first-order valence-corrected chi connectivity index (χ1v) is 8.01. The van der Waals surface area contributed by atoms with Crippen LogP contribution in [0.1, 0.15) is 45.1 Å². The molecule has 1 aliphatic rings. The number of halogens is 1. The van der Waals surface area contributed by atoms with E-state index in [2.05, 4.69) is 24.1 Å². The number of hydrogen-bond acceptors (Lipinski definition) is 3. The highest BCUT2D eigenvalue weighted by molar-refractivity contribution is 5.55. The van der Waals surface area contributed by atoms with Crippen molar-refractivity contribution in [2.24, 2.45) is 0 Å². The van der Waals surface area contributed by atoms with Gasteiger partial charge >= 0.3 is 0 Å². The number of aliphatic hydroxyl groups excluding tert-OH is 1. The first-order valence-electron chi connectivity index (χ1n) is 8.01. The summed E-state index contributed by atoms with van der Waals surface area (Å²) in [5.41, 5.74) is 1.65. The number of anilines is 1. The Hall–Kier alpha value is -1.13. The Morgan fingerprint density at radius 1 is 1.33 bits per heavy atom. The fraction of sp³-hybridized carbons (Fsp3) is 0.647. The van der Waals surface area contributed by atoms with Crippen molar-refractivity contribution in [1.29, 1.82) is 0 Å². The number of nitrogens with zero attached hydrogens (tertiary/aromatic N) is 1. The van der Waals surface area contributed by atoms with Gasteiger partial charge < -0.3 is 15.3 Å². The van der Waals surface area contributed by atoms with E-state index in [0.29, 0.717) is 18.2 Å². The molecule has 1 aromatic carbocycles. The summed E-state index contributed by atoms with van der Waals surface area (Å²) < 4.78 is 14.3. The molecule has 0 aromatic heterocycles. The summed E-state index contributed by atoms with van der Waals surface area (Å²) in [5.74, 6) is -0.165.